The smallest absolute Gasteiger partial charge is 0.260 e. The lowest BCUT2D eigenvalue weighted by molar-refractivity contribution is -0.133. The van der Waals surface area contributed by atoms with Gasteiger partial charge in [0.2, 0.25) is 0 Å². The highest BCUT2D eigenvalue weighted by Gasteiger charge is 2.22. The standard InChI is InChI=1S/C18H19FN2O3/c19-14-4-3-5-15(12-14)24-13-18(23)21-10-8-20(9-11-21)16-6-1-2-7-17(16)22/h1-7,12,22H,8-11,13H2. The minimum atomic E-state index is -0.392. The zero-order valence-corrected chi connectivity index (χ0v) is 13.2. The quantitative estimate of drug-likeness (QED) is 0.934. The van der Waals surface area contributed by atoms with Gasteiger partial charge >= 0.3 is 0 Å². The first-order chi connectivity index (χ1) is 11.6. The Kier molecular flexibility index (Phi) is 4.84. The minimum absolute atomic E-state index is 0.111. The van der Waals surface area contributed by atoms with Gasteiger partial charge in [-0.25, -0.2) is 4.39 Å². The van der Waals surface area contributed by atoms with Gasteiger partial charge < -0.3 is 19.6 Å². The molecule has 1 aliphatic rings. The number of hydrogen-bond donors (Lipinski definition) is 1. The Labute approximate surface area is 139 Å². The summed E-state index contributed by atoms with van der Waals surface area (Å²) < 4.78 is 18.4. The Hall–Kier alpha value is -2.76. The van der Waals surface area contributed by atoms with E-state index in [0.717, 1.165) is 5.69 Å². The lowest BCUT2D eigenvalue weighted by atomic mass is 10.2. The maximum atomic E-state index is 13.1. The summed E-state index contributed by atoms with van der Waals surface area (Å²) in [6.45, 7) is 2.28. The van der Waals surface area contributed by atoms with Gasteiger partial charge in [-0.1, -0.05) is 18.2 Å². The van der Waals surface area contributed by atoms with Gasteiger partial charge in [0.25, 0.3) is 5.91 Å². The molecule has 0 radical (unpaired) electrons. The van der Waals surface area contributed by atoms with Crippen molar-refractivity contribution in [3.63, 3.8) is 0 Å². The van der Waals surface area contributed by atoms with E-state index in [1.165, 1.54) is 12.1 Å². The van der Waals surface area contributed by atoms with Gasteiger partial charge in [-0.05, 0) is 24.3 Å². The predicted molar refractivity (Wildman–Crippen MR) is 88.8 cm³/mol. The molecule has 5 nitrogen and oxygen atoms in total. The second-order valence-electron chi connectivity index (χ2n) is 5.60. The molecule has 3 rings (SSSR count). The molecular formula is C18H19FN2O3. The zero-order valence-electron chi connectivity index (χ0n) is 13.2. The van der Waals surface area contributed by atoms with Gasteiger partial charge in [0.1, 0.15) is 17.3 Å². The topological polar surface area (TPSA) is 53.0 Å². The molecule has 0 aromatic heterocycles. The van der Waals surface area contributed by atoms with Crippen LogP contribution in [-0.2, 0) is 4.79 Å². The number of carbonyl (C=O) groups excluding carboxylic acids is 1. The summed E-state index contributed by atoms with van der Waals surface area (Å²) in [5.74, 6) is 0.0651. The molecule has 24 heavy (non-hydrogen) atoms. The molecule has 1 N–H and O–H groups in total. The third-order valence-electron chi connectivity index (χ3n) is 4.01. The Morgan fingerprint density at radius 1 is 1.08 bits per heavy atom. The first-order valence-electron chi connectivity index (χ1n) is 7.82. The lowest BCUT2D eigenvalue weighted by Gasteiger charge is -2.36. The molecule has 1 amide bonds. The molecule has 0 saturated carbocycles. The molecule has 126 valence electrons. The van der Waals surface area contributed by atoms with Crippen LogP contribution in [0.3, 0.4) is 0 Å². The molecule has 1 heterocycles. The number of amides is 1. The van der Waals surface area contributed by atoms with Crippen LogP contribution >= 0.6 is 0 Å². The van der Waals surface area contributed by atoms with Crippen molar-refractivity contribution in [3.05, 3.63) is 54.3 Å². The van der Waals surface area contributed by atoms with Crippen molar-refractivity contribution in [2.75, 3.05) is 37.7 Å². The van der Waals surface area contributed by atoms with Crippen molar-refractivity contribution in [1.82, 2.24) is 4.90 Å². The van der Waals surface area contributed by atoms with Crippen LogP contribution in [0.1, 0.15) is 0 Å². The maximum absolute atomic E-state index is 13.1. The fourth-order valence-corrected chi connectivity index (χ4v) is 2.72. The summed E-state index contributed by atoms with van der Waals surface area (Å²) in [7, 11) is 0. The number of nitrogens with zero attached hydrogens (tertiary/aromatic N) is 2. The molecule has 1 saturated heterocycles. The fraction of sp³-hybridized carbons (Fsp3) is 0.278. The molecule has 6 heteroatoms. The van der Waals surface area contributed by atoms with Crippen LogP contribution in [0.5, 0.6) is 11.5 Å². The van der Waals surface area contributed by atoms with E-state index in [-0.39, 0.29) is 18.3 Å². The summed E-state index contributed by atoms with van der Waals surface area (Å²) in [6.07, 6.45) is 0. The first kappa shape index (κ1) is 16.1. The van der Waals surface area contributed by atoms with Crippen molar-refractivity contribution in [3.8, 4) is 11.5 Å². The Balaban J connectivity index is 1.51. The number of para-hydroxylation sites is 2. The van der Waals surface area contributed by atoms with Crippen molar-refractivity contribution in [2.24, 2.45) is 0 Å². The molecule has 0 atom stereocenters. The van der Waals surface area contributed by atoms with Crippen LogP contribution in [0.25, 0.3) is 0 Å². The number of aromatic hydroxyl groups is 1. The minimum Gasteiger partial charge on any atom is -0.506 e. The third-order valence-corrected chi connectivity index (χ3v) is 4.01. The number of rotatable bonds is 4. The highest BCUT2D eigenvalue weighted by molar-refractivity contribution is 5.78. The number of phenolic OH excluding ortho intramolecular Hbond substituents is 1. The Morgan fingerprint density at radius 3 is 2.54 bits per heavy atom. The largest absolute Gasteiger partial charge is 0.506 e. The average molecular weight is 330 g/mol. The number of carbonyl (C=O) groups is 1. The second kappa shape index (κ2) is 7.21. The highest BCUT2D eigenvalue weighted by Crippen LogP contribution is 2.27. The summed E-state index contributed by atoms with van der Waals surface area (Å²) >= 11 is 0. The maximum Gasteiger partial charge on any atom is 0.260 e. The number of halogens is 1. The monoisotopic (exact) mass is 330 g/mol. The fourth-order valence-electron chi connectivity index (χ4n) is 2.72. The normalized spacial score (nSPS) is 14.5. The molecule has 1 fully saturated rings. The van der Waals surface area contributed by atoms with Crippen LogP contribution in [-0.4, -0.2) is 48.7 Å². The summed E-state index contributed by atoms with van der Waals surface area (Å²) in [5, 5.41) is 9.90. The van der Waals surface area contributed by atoms with Gasteiger partial charge in [0.05, 0.1) is 5.69 Å². The highest BCUT2D eigenvalue weighted by atomic mass is 19.1. The molecular weight excluding hydrogens is 311 g/mol. The van der Waals surface area contributed by atoms with E-state index in [4.69, 9.17) is 4.74 Å². The average Bonchev–Trinajstić information content (AvgIpc) is 2.60. The first-order valence-corrected chi connectivity index (χ1v) is 7.82. The zero-order chi connectivity index (χ0) is 16.9. The number of phenols is 1. The van der Waals surface area contributed by atoms with Gasteiger partial charge in [0.15, 0.2) is 6.61 Å². The van der Waals surface area contributed by atoms with Gasteiger partial charge in [0, 0.05) is 32.2 Å². The van der Waals surface area contributed by atoms with E-state index >= 15 is 0 Å². The summed E-state index contributed by atoms with van der Waals surface area (Å²) in [6, 6.07) is 12.9. The van der Waals surface area contributed by atoms with Crippen molar-refractivity contribution in [2.45, 2.75) is 0 Å². The Morgan fingerprint density at radius 2 is 1.83 bits per heavy atom. The molecule has 0 spiro atoms. The summed E-state index contributed by atoms with van der Waals surface area (Å²) in [5.41, 5.74) is 0.778. The van der Waals surface area contributed by atoms with E-state index in [9.17, 15) is 14.3 Å². The van der Waals surface area contributed by atoms with Crippen LogP contribution in [0.15, 0.2) is 48.5 Å². The van der Waals surface area contributed by atoms with Gasteiger partial charge in [-0.3, -0.25) is 4.79 Å². The number of benzene rings is 2. The van der Waals surface area contributed by atoms with E-state index in [2.05, 4.69) is 0 Å². The van der Waals surface area contributed by atoms with E-state index in [1.54, 1.807) is 29.2 Å². The number of anilines is 1. The van der Waals surface area contributed by atoms with Gasteiger partial charge in [-0.2, -0.15) is 0 Å². The predicted octanol–water partition coefficient (Wildman–Crippen LogP) is 2.26. The van der Waals surface area contributed by atoms with Crippen LogP contribution in [0.2, 0.25) is 0 Å². The van der Waals surface area contributed by atoms with Crippen molar-refractivity contribution in [1.29, 1.82) is 0 Å². The SMILES string of the molecule is O=C(COc1cccc(F)c1)N1CCN(c2ccccc2O)CC1. The van der Waals surface area contributed by atoms with Crippen LogP contribution in [0, 0.1) is 5.82 Å². The molecule has 2 aromatic carbocycles. The second-order valence-corrected chi connectivity index (χ2v) is 5.60. The van der Waals surface area contributed by atoms with Crippen molar-refractivity contribution < 1.29 is 19.0 Å². The molecule has 2 aromatic rings. The van der Waals surface area contributed by atoms with Crippen LogP contribution in [0.4, 0.5) is 10.1 Å². The number of ether oxygens (including phenoxy) is 1. The molecule has 0 bridgehead atoms. The van der Waals surface area contributed by atoms with Crippen LogP contribution < -0.4 is 9.64 Å². The van der Waals surface area contributed by atoms with Crippen molar-refractivity contribution >= 4 is 11.6 Å². The number of piperazine rings is 1. The summed E-state index contributed by atoms with van der Waals surface area (Å²) in [4.78, 5) is 16.0. The molecule has 1 aliphatic heterocycles. The Bertz CT molecular complexity index is 715. The molecule has 0 aliphatic carbocycles. The lowest BCUT2D eigenvalue weighted by Crippen LogP contribution is -2.50. The third kappa shape index (κ3) is 3.76. The van der Waals surface area contributed by atoms with E-state index < -0.39 is 5.82 Å². The van der Waals surface area contributed by atoms with E-state index in [0.29, 0.717) is 31.9 Å². The number of hydrogen-bond acceptors (Lipinski definition) is 4. The van der Waals surface area contributed by atoms with Gasteiger partial charge in [-0.15, -0.1) is 0 Å². The molecule has 0 unspecified atom stereocenters. The van der Waals surface area contributed by atoms with E-state index in [1.807, 2.05) is 17.0 Å².